The lowest BCUT2D eigenvalue weighted by molar-refractivity contribution is -0.385. The molecule has 3 rings (SSSR count). The topological polar surface area (TPSA) is 104 Å². The third-order valence-corrected chi connectivity index (χ3v) is 4.09. The van der Waals surface area contributed by atoms with Crippen LogP contribution in [-0.4, -0.2) is 30.9 Å². The monoisotopic (exact) mass is 351 g/mol. The van der Waals surface area contributed by atoms with Gasteiger partial charge >= 0.3 is 0 Å². The van der Waals surface area contributed by atoms with E-state index in [0.29, 0.717) is 11.4 Å². The van der Waals surface area contributed by atoms with E-state index >= 15 is 0 Å². The molecule has 0 aliphatic carbocycles. The summed E-state index contributed by atoms with van der Waals surface area (Å²) in [6, 6.07) is 12.2. The Hall–Kier alpha value is -3.42. The van der Waals surface area contributed by atoms with E-state index in [1.165, 1.54) is 16.4 Å². The highest BCUT2D eigenvalue weighted by molar-refractivity contribution is 5.96. The lowest BCUT2D eigenvalue weighted by Gasteiger charge is -2.02. The van der Waals surface area contributed by atoms with Gasteiger partial charge in [-0.25, -0.2) is 0 Å². The molecule has 0 amide bonds. The molecule has 3 aromatic rings. The number of hydrogen-bond acceptors (Lipinski definition) is 6. The van der Waals surface area contributed by atoms with Crippen LogP contribution in [0.4, 0.5) is 5.69 Å². The van der Waals surface area contributed by atoms with Crippen molar-refractivity contribution in [3.05, 3.63) is 69.3 Å². The van der Waals surface area contributed by atoms with Crippen LogP contribution >= 0.6 is 0 Å². The van der Waals surface area contributed by atoms with Crippen LogP contribution in [-0.2, 0) is 13.0 Å². The van der Waals surface area contributed by atoms with Crippen molar-refractivity contribution in [2.75, 3.05) is 0 Å². The van der Waals surface area contributed by atoms with Crippen LogP contribution in [0.2, 0.25) is 0 Å². The summed E-state index contributed by atoms with van der Waals surface area (Å²) < 4.78 is 0. The standard InChI is InChI=1S/C18H17N5O3/c1-3-13-5-8-14(9-6-13)18-19-21-22(20-18)11-17(24)15-7-4-12(2)16(10-15)23(25)26/h4-10H,3,11H2,1-2H3. The molecule has 0 unspecified atom stereocenters. The third kappa shape index (κ3) is 3.64. The van der Waals surface area contributed by atoms with Crippen molar-refractivity contribution < 1.29 is 9.72 Å². The van der Waals surface area contributed by atoms with Crippen LogP contribution in [0.3, 0.4) is 0 Å². The first kappa shape index (κ1) is 17.4. The largest absolute Gasteiger partial charge is 0.292 e. The lowest BCUT2D eigenvalue weighted by atomic mass is 10.1. The molecule has 26 heavy (non-hydrogen) atoms. The fourth-order valence-electron chi connectivity index (χ4n) is 2.51. The zero-order chi connectivity index (χ0) is 18.7. The van der Waals surface area contributed by atoms with Crippen molar-refractivity contribution in [2.45, 2.75) is 26.8 Å². The molecule has 0 N–H and O–H groups in total. The van der Waals surface area contributed by atoms with Gasteiger partial charge in [0.05, 0.1) is 4.92 Å². The molecule has 0 fully saturated rings. The second kappa shape index (κ2) is 7.22. The van der Waals surface area contributed by atoms with Crippen LogP contribution < -0.4 is 0 Å². The van der Waals surface area contributed by atoms with Gasteiger partial charge in [0.2, 0.25) is 5.82 Å². The molecule has 8 heteroatoms. The van der Waals surface area contributed by atoms with Crippen molar-refractivity contribution in [3.8, 4) is 11.4 Å². The molecule has 1 aromatic heterocycles. The van der Waals surface area contributed by atoms with E-state index in [1.54, 1.807) is 19.1 Å². The Morgan fingerprint density at radius 1 is 1.19 bits per heavy atom. The molecule has 0 saturated carbocycles. The smallest absolute Gasteiger partial charge is 0.273 e. The molecule has 0 saturated heterocycles. The Morgan fingerprint density at radius 3 is 2.58 bits per heavy atom. The molecule has 0 atom stereocenters. The van der Waals surface area contributed by atoms with Gasteiger partial charge in [-0.2, -0.15) is 4.80 Å². The molecule has 0 aliphatic heterocycles. The van der Waals surface area contributed by atoms with Crippen molar-refractivity contribution in [3.63, 3.8) is 0 Å². The van der Waals surface area contributed by atoms with Crippen molar-refractivity contribution in [1.82, 2.24) is 20.2 Å². The highest BCUT2D eigenvalue weighted by Crippen LogP contribution is 2.20. The van der Waals surface area contributed by atoms with Gasteiger partial charge in [-0.1, -0.05) is 43.3 Å². The third-order valence-electron chi connectivity index (χ3n) is 4.09. The zero-order valence-electron chi connectivity index (χ0n) is 14.4. The number of aryl methyl sites for hydroxylation is 2. The number of rotatable bonds is 6. The first-order valence-electron chi connectivity index (χ1n) is 8.13. The van der Waals surface area contributed by atoms with Crippen LogP contribution in [0.15, 0.2) is 42.5 Å². The van der Waals surface area contributed by atoms with Crippen molar-refractivity contribution in [2.24, 2.45) is 0 Å². The molecule has 132 valence electrons. The highest BCUT2D eigenvalue weighted by atomic mass is 16.6. The summed E-state index contributed by atoms with van der Waals surface area (Å²) in [5, 5.41) is 23.1. The number of carbonyl (C=O) groups is 1. The van der Waals surface area contributed by atoms with E-state index in [2.05, 4.69) is 22.3 Å². The number of tetrazole rings is 1. The maximum Gasteiger partial charge on any atom is 0.273 e. The van der Waals surface area contributed by atoms with Crippen molar-refractivity contribution in [1.29, 1.82) is 0 Å². The number of nitrogens with zero attached hydrogens (tertiary/aromatic N) is 5. The highest BCUT2D eigenvalue weighted by Gasteiger charge is 2.16. The second-order valence-corrected chi connectivity index (χ2v) is 5.88. The Balaban J connectivity index is 1.77. The summed E-state index contributed by atoms with van der Waals surface area (Å²) in [6.45, 7) is 3.56. The molecule has 1 heterocycles. The van der Waals surface area contributed by atoms with E-state index < -0.39 is 4.92 Å². The van der Waals surface area contributed by atoms with Gasteiger partial charge in [0, 0.05) is 22.8 Å². The zero-order valence-corrected chi connectivity index (χ0v) is 14.4. The first-order valence-corrected chi connectivity index (χ1v) is 8.13. The molecule has 0 spiro atoms. The van der Waals surface area contributed by atoms with E-state index in [-0.39, 0.29) is 23.6 Å². The molecular formula is C18H17N5O3. The molecule has 2 aromatic carbocycles. The minimum absolute atomic E-state index is 0.0842. The number of Topliss-reactive ketones (excluding diaryl/α,β-unsaturated/α-hetero) is 1. The summed E-state index contributed by atoms with van der Waals surface area (Å²) in [6.07, 6.45) is 0.942. The van der Waals surface area contributed by atoms with Gasteiger partial charge in [0.15, 0.2) is 5.78 Å². The summed E-state index contributed by atoms with van der Waals surface area (Å²) in [5.41, 5.74) is 2.68. The van der Waals surface area contributed by atoms with Gasteiger partial charge in [0.25, 0.3) is 5.69 Å². The number of nitro groups is 1. The van der Waals surface area contributed by atoms with Crippen LogP contribution in [0.1, 0.15) is 28.4 Å². The number of nitro benzene ring substituents is 1. The normalized spacial score (nSPS) is 10.7. The number of aromatic nitrogens is 4. The minimum Gasteiger partial charge on any atom is -0.292 e. The number of carbonyl (C=O) groups excluding carboxylic acids is 1. The van der Waals surface area contributed by atoms with Crippen molar-refractivity contribution >= 4 is 11.5 Å². The number of ketones is 1. The van der Waals surface area contributed by atoms with Crippen LogP contribution in [0.5, 0.6) is 0 Å². The maximum absolute atomic E-state index is 12.4. The fourth-order valence-corrected chi connectivity index (χ4v) is 2.51. The van der Waals surface area contributed by atoms with Gasteiger partial charge in [-0.05, 0) is 24.1 Å². The van der Waals surface area contributed by atoms with E-state index in [4.69, 9.17) is 0 Å². The van der Waals surface area contributed by atoms with E-state index in [1.807, 2.05) is 24.3 Å². The molecule has 0 radical (unpaired) electrons. The SMILES string of the molecule is CCc1ccc(-c2nnn(CC(=O)c3ccc(C)c([N+](=O)[O-])c3)n2)cc1. The Labute approximate surface area is 149 Å². The summed E-state index contributed by atoms with van der Waals surface area (Å²) in [4.78, 5) is 24.1. The Bertz CT molecular complexity index is 963. The molecule has 0 aliphatic rings. The van der Waals surface area contributed by atoms with Gasteiger partial charge in [-0.3, -0.25) is 14.9 Å². The van der Waals surface area contributed by atoms with E-state index in [9.17, 15) is 14.9 Å². The predicted molar refractivity (Wildman–Crippen MR) is 94.8 cm³/mol. The molecule has 8 nitrogen and oxygen atoms in total. The number of hydrogen-bond donors (Lipinski definition) is 0. The minimum atomic E-state index is -0.502. The van der Waals surface area contributed by atoms with E-state index in [0.717, 1.165) is 12.0 Å². The van der Waals surface area contributed by atoms with Crippen LogP contribution in [0, 0.1) is 17.0 Å². The van der Waals surface area contributed by atoms with Gasteiger partial charge in [-0.15, -0.1) is 10.2 Å². The average molecular weight is 351 g/mol. The maximum atomic E-state index is 12.4. The first-order chi connectivity index (χ1) is 12.5. The van der Waals surface area contributed by atoms with Crippen LogP contribution in [0.25, 0.3) is 11.4 Å². The fraction of sp³-hybridized carbons (Fsp3) is 0.222. The average Bonchev–Trinajstić information content (AvgIpc) is 3.10. The van der Waals surface area contributed by atoms with Gasteiger partial charge < -0.3 is 0 Å². The Morgan fingerprint density at radius 2 is 1.92 bits per heavy atom. The summed E-state index contributed by atoms with van der Waals surface area (Å²) in [5.74, 6) is 0.105. The summed E-state index contributed by atoms with van der Waals surface area (Å²) in [7, 11) is 0. The summed E-state index contributed by atoms with van der Waals surface area (Å²) >= 11 is 0. The molecular weight excluding hydrogens is 334 g/mol. The predicted octanol–water partition coefficient (Wildman–Crippen LogP) is 3.00. The molecule has 0 bridgehead atoms. The van der Waals surface area contributed by atoms with Gasteiger partial charge in [0.1, 0.15) is 6.54 Å². The second-order valence-electron chi connectivity index (χ2n) is 5.88. The Kier molecular flexibility index (Phi) is 4.83. The lowest BCUT2D eigenvalue weighted by Crippen LogP contribution is -2.13. The number of benzene rings is 2. The quantitative estimate of drug-likeness (QED) is 0.384.